The number of rotatable bonds is 3. The van der Waals surface area contributed by atoms with Gasteiger partial charge < -0.3 is 4.90 Å². The third-order valence-electron chi connectivity index (χ3n) is 4.15. The Hall–Kier alpha value is -0.860. The molecule has 1 atom stereocenters. The van der Waals surface area contributed by atoms with Gasteiger partial charge in [-0.2, -0.15) is 0 Å². The maximum Gasteiger partial charge on any atom is 0.0321 e. The van der Waals surface area contributed by atoms with Crippen molar-refractivity contribution in [1.29, 1.82) is 0 Å². The van der Waals surface area contributed by atoms with E-state index in [0.29, 0.717) is 12.0 Å². The van der Waals surface area contributed by atoms with Crippen LogP contribution in [0.3, 0.4) is 0 Å². The van der Waals surface area contributed by atoms with Gasteiger partial charge >= 0.3 is 0 Å². The standard InChI is InChI=1S/C16H26N2.C2H6/c1-13(2)15-6-5-7-16(12-15)14(3)18-10-8-17(4)9-11-18;1-2/h5-7,12-14H,8-11H2,1-4H3;1-2H3. The molecular formula is C18H32N2. The molecule has 0 N–H and O–H groups in total. The fraction of sp³-hybridized carbons (Fsp3) is 0.667. The summed E-state index contributed by atoms with van der Waals surface area (Å²) in [5, 5.41) is 0. The van der Waals surface area contributed by atoms with Crippen molar-refractivity contribution in [2.75, 3.05) is 33.2 Å². The molecule has 1 aromatic carbocycles. The molecule has 1 heterocycles. The quantitative estimate of drug-likeness (QED) is 0.818. The maximum atomic E-state index is 2.60. The number of hydrogen-bond donors (Lipinski definition) is 0. The van der Waals surface area contributed by atoms with E-state index in [-0.39, 0.29) is 0 Å². The first kappa shape index (κ1) is 17.2. The minimum absolute atomic E-state index is 0.539. The molecule has 20 heavy (non-hydrogen) atoms. The normalized spacial score (nSPS) is 18.6. The predicted molar refractivity (Wildman–Crippen MR) is 89.4 cm³/mol. The molecule has 0 radical (unpaired) electrons. The maximum absolute atomic E-state index is 2.60. The smallest absolute Gasteiger partial charge is 0.0321 e. The second-order valence-electron chi connectivity index (χ2n) is 5.84. The van der Waals surface area contributed by atoms with Crippen molar-refractivity contribution >= 4 is 0 Å². The van der Waals surface area contributed by atoms with Crippen LogP contribution in [0.1, 0.15) is 57.7 Å². The zero-order valence-corrected chi connectivity index (χ0v) is 14.2. The van der Waals surface area contributed by atoms with E-state index in [9.17, 15) is 0 Å². The van der Waals surface area contributed by atoms with E-state index in [1.54, 1.807) is 0 Å². The Morgan fingerprint density at radius 1 is 0.900 bits per heavy atom. The van der Waals surface area contributed by atoms with Gasteiger partial charge in [-0.1, -0.05) is 52.0 Å². The Morgan fingerprint density at radius 2 is 1.45 bits per heavy atom. The summed E-state index contributed by atoms with van der Waals surface area (Å²) in [5.41, 5.74) is 2.92. The fourth-order valence-electron chi connectivity index (χ4n) is 2.60. The summed E-state index contributed by atoms with van der Waals surface area (Å²) >= 11 is 0. The molecule has 1 saturated heterocycles. The van der Waals surface area contributed by atoms with Crippen molar-refractivity contribution < 1.29 is 0 Å². The summed E-state index contributed by atoms with van der Waals surface area (Å²) in [4.78, 5) is 5.01. The Balaban J connectivity index is 0.000000956. The number of nitrogens with zero attached hydrogens (tertiary/aromatic N) is 2. The highest BCUT2D eigenvalue weighted by Gasteiger charge is 2.20. The molecule has 114 valence electrons. The van der Waals surface area contributed by atoms with Crippen molar-refractivity contribution in [3.8, 4) is 0 Å². The van der Waals surface area contributed by atoms with Gasteiger partial charge in [0, 0.05) is 32.2 Å². The van der Waals surface area contributed by atoms with E-state index < -0.39 is 0 Å². The molecular weight excluding hydrogens is 244 g/mol. The Kier molecular flexibility index (Phi) is 7.25. The van der Waals surface area contributed by atoms with E-state index in [4.69, 9.17) is 0 Å². The Labute approximate surface area is 125 Å². The molecule has 2 rings (SSSR count). The lowest BCUT2D eigenvalue weighted by atomic mass is 9.97. The predicted octanol–water partition coefficient (Wildman–Crippen LogP) is 4.14. The van der Waals surface area contributed by atoms with Crippen molar-refractivity contribution in [2.45, 2.75) is 46.6 Å². The molecule has 1 fully saturated rings. The minimum atomic E-state index is 0.539. The average Bonchev–Trinajstić information content (AvgIpc) is 2.49. The highest BCUT2D eigenvalue weighted by Crippen LogP contribution is 2.24. The van der Waals surface area contributed by atoms with Crippen molar-refractivity contribution in [3.63, 3.8) is 0 Å². The molecule has 1 aliphatic heterocycles. The van der Waals surface area contributed by atoms with Crippen molar-refractivity contribution in [2.24, 2.45) is 0 Å². The van der Waals surface area contributed by atoms with E-state index in [0.717, 1.165) is 0 Å². The average molecular weight is 276 g/mol. The van der Waals surface area contributed by atoms with Gasteiger partial charge in [-0.15, -0.1) is 0 Å². The van der Waals surface area contributed by atoms with Crippen molar-refractivity contribution in [3.05, 3.63) is 35.4 Å². The first-order valence-electron chi connectivity index (χ1n) is 8.10. The van der Waals surface area contributed by atoms with Crippen LogP contribution >= 0.6 is 0 Å². The third-order valence-corrected chi connectivity index (χ3v) is 4.15. The van der Waals surface area contributed by atoms with Gasteiger partial charge in [0.25, 0.3) is 0 Å². The van der Waals surface area contributed by atoms with Crippen molar-refractivity contribution in [1.82, 2.24) is 9.80 Å². The third kappa shape index (κ3) is 4.60. The highest BCUT2D eigenvalue weighted by molar-refractivity contribution is 5.27. The summed E-state index contributed by atoms with van der Waals surface area (Å²) in [6.07, 6.45) is 0. The second-order valence-corrected chi connectivity index (χ2v) is 5.84. The van der Waals surface area contributed by atoms with Crippen LogP contribution in [0.25, 0.3) is 0 Å². The number of hydrogen-bond acceptors (Lipinski definition) is 2. The van der Waals surface area contributed by atoms with Gasteiger partial charge in [-0.25, -0.2) is 0 Å². The number of piperazine rings is 1. The van der Waals surface area contributed by atoms with Gasteiger partial charge in [-0.3, -0.25) is 4.90 Å². The lowest BCUT2D eigenvalue weighted by molar-refractivity contribution is 0.119. The molecule has 1 aromatic rings. The Morgan fingerprint density at radius 3 is 2.00 bits per heavy atom. The molecule has 1 aliphatic rings. The molecule has 0 bridgehead atoms. The van der Waals surface area contributed by atoms with Gasteiger partial charge in [0.05, 0.1) is 0 Å². The van der Waals surface area contributed by atoms with Crippen LogP contribution in [0.5, 0.6) is 0 Å². The zero-order valence-electron chi connectivity index (χ0n) is 14.2. The molecule has 0 spiro atoms. The first-order valence-corrected chi connectivity index (χ1v) is 8.10. The lowest BCUT2D eigenvalue weighted by Gasteiger charge is -2.36. The van der Waals surface area contributed by atoms with E-state index in [1.807, 2.05) is 13.8 Å². The fourth-order valence-corrected chi connectivity index (χ4v) is 2.60. The summed E-state index contributed by atoms with van der Waals surface area (Å²) < 4.78 is 0. The van der Waals surface area contributed by atoms with Crippen LogP contribution in [0, 0.1) is 0 Å². The number of benzene rings is 1. The molecule has 0 saturated carbocycles. The topological polar surface area (TPSA) is 6.48 Å². The monoisotopic (exact) mass is 276 g/mol. The summed E-state index contributed by atoms with van der Waals surface area (Å²) in [6, 6.07) is 9.64. The Bertz CT molecular complexity index is 379. The van der Waals surface area contributed by atoms with Gasteiger partial charge in [0.2, 0.25) is 0 Å². The molecule has 2 nitrogen and oxygen atoms in total. The minimum Gasteiger partial charge on any atom is -0.304 e. The highest BCUT2D eigenvalue weighted by atomic mass is 15.3. The van der Waals surface area contributed by atoms with Crippen LogP contribution in [0.15, 0.2) is 24.3 Å². The van der Waals surface area contributed by atoms with Crippen LogP contribution in [-0.4, -0.2) is 43.0 Å². The van der Waals surface area contributed by atoms with E-state index >= 15 is 0 Å². The summed E-state index contributed by atoms with van der Waals surface area (Å²) in [5.74, 6) is 0.615. The molecule has 1 unspecified atom stereocenters. The van der Waals surface area contributed by atoms with E-state index in [2.05, 4.69) is 61.9 Å². The summed E-state index contributed by atoms with van der Waals surface area (Å²) in [7, 11) is 2.21. The van der Waals surface area contributed by atoms with Crippen LogP contribution in [-0.2, 0) is 0 Å². The van der Waals surface area contributed by atoms with Gasteiger partial charge in [0.1, 0.15) is 0 Å². The SMILES string of the molecule is CC.CC(C)c1cccc(C(C)N2CCN(C)CC2)c1. The van der Waals surface area contributed by atoms with Gasteiger partial charge in [0.15, 0.2) is 0 Å². The lowest BCUT2D eigenvalue weighted by Crippen LogP contribution is -2.45. The molecule has 0 amide bonds. The van der Waals surface area contributed by atoms with Crippen LogP contribution in [0.4, 0.5) is 0 Å². The largest absolute Gasteiger partial charge is 0.304 e. The van der Waals surface area contributed by atoms with E-state index in [1.165, 1.54) is 37.3 Å². The molecule has 2 heteroatoms. The first-order chi connectivity index (χ1) is 9.58. The molecule has 0 aromatic heterocycles. The number of likely N-dealkylation sites (N-methyl/N-ethyl adjacent to an activating group) is 1. The van der Waals surface area contributed by atoms with Gasteiger partial charge in [-0.05, 0) is 31.0 Å². The van der Waals surface area contributed by atoms with Crippen LogP contribution in [0.2, 0.25) is 0 Å². The van der Waals surface area contributed by atoms with Crippen LogP contribution < -0.4 is 0 Å². The zero-order chi connectivity index (χ0) is 15.1. The summed E-state index contributed by atoms with van der Waals surface area (Å²) in [6.45, 7) is 15.6. The molecule has 0 aliphatic carbocycles. The second kappa shape index (κ2) is 8.43.